The molecule has 0 N–H and O–H groups in total. The third-order valence-corrected chi connectivity index (χ3v) is 2.28. The molecule has 0 bridgehead atoms. The Hall–Kier alpha value is -0.710. The van der Waals surface area contributed by atoms with Gasteiger partial charge in [0.25, 0.3) is 0 Å². The van der Waals surface area contributed by atoms with E-state index >= 15 is 0 Å². The molecule has 0 heterocycles. The Morgan fingerprint density at radius 1 is 1.33 bits per heavy atom. The van der Waals surface area contributed by atoms with E-state index in [0.29, 0.717) is 5.75 Å². The van der Waals surface area contributed by atoms with Crippen LogP contribution in [-0.4, -0.2) is 37.2 Å². The highest BCUT2D eigenvalue weighted by Gasteiger charge is 2.30. The first-order valence-corrected chi connectivity index (χ1v) is 6.00. The Kier molecular flexibility index (Phi) is 5.72. The molecule has 1 unspecified atom stereocenters. The lowest BCUT2D eigenvalue weighted by atomic mass is 9.97. The summed E-state index contributed by atoms with van der Waals surface area (Å²) in [6.07, 6.45) is 1.03. The second kappa shape index (κ2) is 6.00. The molecule has 4 nitrogen and oxygen atoms in total. The molecule has 5 heteroatoms. The van der Waals surface area contributed by atoms with Gasteiger partial charge >= 0.3 is 11.9 Å². The van der Waals surface area contributed by atoms with Gasteiger partial charge in [-0.05, 0) is 27.0 Å². The molecular formula is C10H18O4S. The molecule has 0 saturated carbocycles. The SMILES string of the molecule is COC(=O)C(CSC)OC(=O)C(C)(C)C. The van der Waals surface area contributed by atoms with Gasteiger partial charge in [0.1, 0.15) is 0 Å². The van der Waals surface area contributed by atoms with Crippen molar-refractivity contribution in [2.75, 3.05) is 19.1 Å². The largest absolute Gasteiger partial charge is 0.466 e. The molecule has 0 rings (SSSR count). The average molecular weight is 234 g/mol. The standard InChI is InChI=1S/C10H18O4S/c1-10(2,3)9(12)14-7(6-15-5)8(11)13-4/h7H,6H2,1-5H3. The minimum absolute atomic E-state index is 0.396. The minimum Gasteiger partial charge on any atom is -0.466 e. The van der Waals surface area contributed by atoms with Crippen LogP contribution in [0.1, 0.15) is 20.8 Å². The van der Waals surface area contributed by atoms with Crippen LogP contribution in [0.25, 0.3) is 0 Å². The number of esters is 2. The van der Waals surface area contributed by atoms with E-state index in [1.165, 1.54) is 18.9 Å². The summed E-state index contributed by atoms with van der Waals surface area (Å²) < 4.78 is 9.62. The Morgan fingerprint density at radius 3 is 2.20 bits per heavy atom. The molecular weight excluding hydrogens is 216 g/mol. The molecule has 0 aromatic carbocycles. The zero-order valence-corrected chi connectivity index (χ0v) is 10.6. The van der Waals surface area contributed by atoms with E-state index in [4.69, 9.17) is 4.74 Å². The molecule has 0 aliphatic heterocycles. The fraction of sp³-hybridized carbons (Fsp3) is 0.800. The zero-order valence-electron chi connectivity index (χ0n) is 9.83. The summed E-state index contributed by atoms with van der Waals surface area (Å²) >= 11 is 1.43. The molecule has 0 aliphatic rings. The number of rotatable bonds is 4. The van der Waals surface area contributed by atoms with Crippen LogP contribution in [-0.2, 0) is 19.1 Å². The normalized spacial score (nSPS) is 13.1. The highest BCUT2D eigenvalue weighted by atomic mass is 32.2. The predicted molar refractivity (Wildman–Crippen MR) is 59.7 cm³/mol. The van der Waals surface area contributed by atoms with Gasteiger partial charge < -0.3 is 9.47 Å². The number of carbonyl (C=O) groups is 2. The predicted octanol–water partition coefficient (Wildman–Crippen LogP) is 1.48. The van der Waals surface area contributed by atoms with Gasteiger partial charge in [-0.25, -0.2) is 4.79 Å². The van der Waals surface area contributed by atoms with Crippen molar-refractivity contribution in [3.63, 3.8) is 0 Å². The zero-order chi connectivity index (χ0) is 12.1. The van der Waals surface area contributed by atoms with Crippen LogP contribution in [0.2, 0.25) is 0 Å². The van der Waals surface area contributed by atoms with E-state index in [1.807, 2.05) is 6.26 Å². The first kappa shape index (κ1) is 14.3. The van der Waals surface area contributed by atoms with Gasteiger partial charge in [0.05, 0.1) is 12.5 Å². The van der Waals surface area contributed by atoms with Crippen LogP contribution in [0.15, 0.2) is 0 Å². The van der Waals surface area contributed by atoms with Crippen LogP contribution in [0.3, 0.4) is 0 Å². The maximum Gasteiger partial charge on any atom is 0.348 e. The Morgan fingerprint density at radius 2 is 1.87 bits per heavy atom. The van der Waals surface area contributed by atoms with Crippen molar-refractivity contribution >= 4 is 23.7 Å². The van der Waals surface area contributed by atoms with Gasteiger partial charge in [-0.3, -0.25) is 4.79 Å². The van der Waals surface area contributed by atoms with Crippen LogP contribution in [0.5, 0.6) is 0 Å². The number of hydrogen-bond acceptors (Lipinski definition) is 5. The van der Waals surface area contributed by atoms with E-state index in [2.05, 4.69) is 4.74 Å². The lowest BCUT2D eigenvalue weighted by molar-refractivity contribution is -0.169. The lowest BCUT2D eigenvalue weighted by Gasteiger charge is -2.21. The molecule has 0 saturated heterocycles. The summed E-state index contributed by atoms with van der Waals surface area (Å²) in [5, 5.41) is 0. The molecule has 0 aromatic heterocycles. The number of hydrogen-bond donors (Lipinski definition) is 0. The first-order valence-electron chi connectivity index (χ1n) is 4.60. The summed E-state index contributed by atoms with van der Waals surface area (Å²) in [4.78, 5) is 22.8. The molecule has 0 amide bonds. The average Bonchev–Trinajstić information content (AvgIpc) is 2.14. The smallest absolute Gasteiger partial charge is 0.348 e. The van der Waals surface area contributed by atoms with Crippen molar-refractivity contribution in [3.05, 3.63) is 0 Å². The molecule has 0 radical (unpaired) electrons. The Bertz CT molecular complexity index is 232. The van der Waals surface area contributed by atoms with Crippen LogP contribution in [0.4, 0.5) is 0 Å². The Balaban J connectivity index is 4.42. The van der Waals surface area contributed by atoms with Crippen molar-refractivity contribution in [3.8, 4) is 0 Å². The Labute approximate surface area is 94.7 Å². The highest BCUT2D eigenvalue weighted by molar-refractivity contribution is 7.98. The minimum atomic E-state index is -0.809. The van der Waals surface area contributed by atoms with Crippen LogP contribution in [0, 0.1) is 5.41 Å². The van der Waals surface area contributed by atoms with Gasteiger partial charge in [0.2, 0.25) is 6.10 Å². The maximum absolute atomic E-state index is 11.5. The highest BCUT2D eigenvalue weighted by Crippen LogP contribution is 2.17. The summed E-state index contributed by atoms with van der Waals surface area (Å²) in [6, 6.07) is 0. The summed E-state index contributed by atoms with van der Waals surface area (Å²) in [7, 11) is 1.28. The molecule has 15 heavy (non-hydrogen) atoms. The van der Waals surface area contributed by atoms with E-state index in [0.717, 1.165) is 0 Å². The third kappa shape index (κ3) is 5.06. The molecule has 0 aromatic rings. The van der Waals surface area contributed by atoms with E-state index in [1.54, 1.807) is 20.8 Å². The summed E-state index contributed by atoms with van der Waals surface area (Å²) in [5.41, 5.74) is -0.606. The third-order valence-electron chi connectivity index (χ3n) is 1.64. The molecule has 0 fully saturated rings. The quantitative estimate of drug-likeness (QED) is 0.690. The van der Waals surface area contributed by atoms with Crippen molar-refractivity contribution in [2.24, 2.45) is 5.41 Å². The monoisotopic (exact) mass is 234 g/mol. The number of methoxy groups -OCH3 is 1. The second-order valence-electron chi connectivity index (χ2n) is 4.12. The van der Waals surface area contributed by atoms with Crippen LogP contribution < -0.4 is 0 Å². The van der Waals surface area contributed by atoms with E-state index in [-0.39, 0.29) is 0 Å². The van der Waals surface area contributed by atoms with Crippen LogP contribution >= 0.6 is 11.8 Å². The van der Waals surface area contributed by atoms with Crippen molar-refractivity contribution in [2.45, 2.75) is 26.9 Å². The van der Waals surface area contributed by atoms with Crippen molar-refractivity contribution in [1.82, 2.24) is 0 Å². The van der Waals surface area contributed by atoms with Gasteiger partial charge in [0, 0.05) is 5.75 Å². The molecule has 1 atom stereocenters. The van der Waals surface area contributed by atoms with Gasteiger partial charge in [-0.15, -0.1) is 0 Å². The first-order chi connectivity index (χ1) is 6.82. The second-order valence-corrected chi connectivity index (χ2v) is 5.03. The van der Waals surface area contributed by atoms with E-state index < -0.39 is 23.5 Å². The van der Waals surface area contributed by atoms with Gasteiger partial charge in [0.15, 0.2) is 0 Å². The summed E-state index contributed by atoms with van der Waals surface area (Å²) in [5.74, 6) is -0.497. The van der Waals surface area contributed by atoms with Gasteiger partial charge in [-0.2, -0.15) is 11.8 Å². The summed E-state index contributed by atoms with van der Waals surface area (Å²) in [6.45, 7) is 5.22. The fourth-order valence-electron chi connectivity index (χ4n) is 0.739. The maximum atomic E-state index is 11.5. The number of thioether (sulfide) groups is 1. The fourth-order valence-corrected chi connectivity index (χ4v) is 1.25. The molecule has 0 spiro atoms. The van der Waals surface area contributed by atoms with Crippen molar-refractivity contribution < 1.29 is 19.1 Å². The van der Waals surface area contributed by atoms with E-state index in [9.17, 15) is 9.59 Å². The topological polar surface area (TPSA) is 52.6 Å². The molecule has 88 valence electrons. The molecule has 0 aliphatic carbocycles. The number of ether oxygens (including phenoxy) is 2. The lowest BCUT2D eigenvalue weighted by Crippen LogP contribution is -2.35. The van der Waals surface area contributed by atoms with Crippen molar-refractivity contribution in [1.29, 1.82) is 0 Å². The van der Waals surface area contributed by atoms with Gasteiger partial charge in [-0.1, -0.05) is 0 Å². The number of carbonyl (C=O) groups excluding carboxylic acids is 2.